The molecule has 88 valence electrons. The van der Waals surface area contributed by atoms with Gasteiger partial charge in [0.15, 0.2) is 0 Å². The second-order valence-corrected chi connectivity index (χ2v) is 4.84. The predicted octanol–water partition coefficient (Wildman–Crippen LogP) is 3.26. The molecule has 4 nitrogen and oxygen atoms in total. The Morgan fingerprint density at radius 3 is 2.76 bits per heavy atom. The summed E-state index contributed by atoms with van der Waals surface area (Å²) in [6, 6.07) is 5.69. The molecule has 1 N–H and O–H groups in total. The maximum Gasteiger partial charge on any atom is 0.341 e. The summed E-state index contributed by atoms with van der Waals surface area (Å²) in [5.41, 5.74) is 2.33. The number of hydrogen-bond donors (Lipinski definition) is 1. The Morgan fingerprint density at radius 2 is 2.12 bits per heavy atom. The van der Waals surface area contributed by atoms with Gasteiger partial charge in [-0.1, -0.05) is 17.3 Å². The van der Waals surface area contributed by atoms with E-state index in [1.165, 1.54) is 0 Å². The molecule has 0 saturated carbocycles. The van der Waals surface area contributed by atoms with Crippen molar-refractivity contribution in [2.45, 2.75) is 13.8 Å². The number of benzene rings is 1. The normalized spacial score (nSPS) is 10.5. The average molecular weight is 343 g/mol. The van der Waals surface area contributed by atoms with Gasteiger partial charge >= 0.3 is 5.97 Å². The van der Waals surface area contributed by atoms with Crippen molar-refractivity contribution in [2.75, 3.05) is 0 Å². The Labute approximate surface area is 112 Å². The van der Waals surface area contributed by atoms with Crippen molar-refractivity contribution in [3.63, 3.8) is 0 Å². The van der Waals surface area contributed by atoms with Gasteiger partial charge in [0.25, 0.3) is 0 Å². The molecule has 1 heterocycles. The maximum absolute atomic E-state index is 11.2. The topological polar surface area (TPSA) is 63.3 Å². The SMILES string of the molecule is Cc1onc(-c2cccc(I)c2C)c1C(=O)O. The Bertz CT molecular complexity index is 589. The number of carboxylic acids is 1. The van der Waals surface area contributed by atoms with Crippen molar-refractivity contribution in [3.05, 3.63) is 38.7 Å². The summed E-state index contributed by atoms with van der Waals surface area (Å²) in [4.78, 5) is 11.2. The number of carboxylic acid groups (broad SMARTS) is 1. The van der Waals surface area contributed by atoms with Crippen molar-refractivity contribution < 1.29 is 14.4 Å². The van der Waals surface area contributed by atoms with Crippen molar-refractivity contribution in [3.8, 4) is 11.3 Å². The van der Waals surface area contributed by atoms with Crippen LogP contribution < -0.4 is 0 Å². The van der Waals surface area contributed by atoms with Crippen molar-refractivity contribution in [1.82, 2.24) is 5.16 Å². The molecule has 2 aromatic rings. The summed E-state index contributed by atoms with van der Waals surface area (Å²) in [5.74, 6) is -0.692. The van der Waals surface area contributed by atoms with E-state index in [4.69, 9.17) is 9.63 Å². The molecule has 0 amide bonds. The Hall–Kier alpha value is -1.37. The summed E-state index contributed by atoms with van der Waals surface area (Å²) in [5, 5.41) is 13.0. The highest BCUT2D eigenvalue weighted by atomic mass is 127. The quantitative estimate of drug-likeness (QED) is 0.851. The number of carbonyl (C=O) groups is 1. The minimum Gasteiger partial charge on any atom is -0.477 e. The van der Waals surface area contributed by atoms with Crippen LogP contribution in [-0.2, 0) is 0 Å². The lowest BCUT2D eigenvalue weighted by atomic mass is 10.0. The monoisotopic (exact) mass is 343 g/mol. The molecule has 0 unspecified atom stereocenters. The van der Waals surface area contributed by atoms with Crippen molar-refractivity contribution in [2.24, 2.45) is 0 Å². The molecule has 0 atom stereocenters. The lowest BCUT2D eigenvalue weighted by Gasteiger charge is -2.05. The van der Waals surface area contributed by atoms with Crippen molar-refractivity contribution >= 4 is 28.6 Å². The Kier molecular flexibility index (Phi) is 3.19. The lowest BCUT2D eigenvalue weighted by Crippen LogP contribution is -2.00. The fourth-order valence-electron chi connectivity index (χ4n) is 1.67. The molecule has 0 spiro atoms. The van der Waals surface area contributed by atoms with Gasteiger partial charge in [0.05, 0.1) is 0 Å². The van der Waals surface area contributed by atoms with Crippen LogP contribution in [0.1, 0.15) is 21.7 Å². The minimum atomic E-state index is -1.02. The molecule has 0 aliphatic rings. The van der Waals surface area contributed by atoms with Crippen LogP contribution >= 0.6 is 22.6 Å². The third-order valence-corrected chi connectivity index (χ3v) is 3.77. The van der Waals surface area contributed by atoms with Gasteiger partial charge in [0, 0.05) is 9.13 Å². The van der Waals surface area contributed by atoms with Gasteiger partial charge in [0.2, 0.25) is 0 Å². The number of aryl methyl sites for hydroxylation is 1. The number of halogens is 1. The van der Waals surface area contributed by atoms with E-state index >= 15 is 0 Å². The average Bonchev–Trinajstić information content (AvgIpc) is 2.64. The minimum absolute atomic E-state index is 0.134. The van der Waals surface area contributed by atoms with E-state index in [-0.39, 0.29) is 5.56 Å². The number of rotatable bonds is 2. The number of hydrogen-bond acceptors (Lipinski definition) is 3. The van der Waals surface area contributed by atoms with Gasteiger partial charge in [-0.15, -0.1) is 0 Å². The highest BCUT2D eigenvalue weighted by molar-refractivity contribution is 14.1. The van der Waals surface area contributed by atoms with Crippen LogP contribution in [0.25, 0.3) is 11.3 Å². The van der Waals surface area contributed by atoms with Gasteiger partial charge in [-0.25, -0.2) is 4.79 Å². The summed E-state index contributed by atoms with van der Waals surface area (Å²) in [7, 11) is 0. The number of nitrogens with zero attached hydrogens (tertiary/aromatic N) is 1. The lowest BCUT2D eigenvalue weighted by molar-refractivity contribution is 0.0696. The molecule has 0 aliphatic heterocycles. The number of aromatic nitrogens is 1. The molecule has 0 bridgehead atoms. The van der Waals surface area contributed by atoms with Crippen LogP contribution in [0.2, 0.25) is 0 Å². The first-order chi connectivity index (χ1) is 8.02. The van der Waals surface area contributed by atoms with E-state index in [0.717, 1.165) is 14.7 Å². The third-order valence-electron chi connectivity index (χ3n) is 2.60. The van der Waals surface area contributed by atoms with Crippen LogP contribution in [0.3, 0.4) is 0 Å². The van der Waals surface area contributed by atoms with E-state index in [1.807, 2.05) is 25.1 Å². The van der Waals surface area contributed by atoms with Crippen LogP contribution in [0.4, 0.5) is 0 Å². The highest BCUT2D eigenvalue weighted by Crippen LogP contribution is 2.29. The molecular weight excluding hydrogens is 333 g/mol. The highest BCUT2D eigenvalue weighted by Gasteiger charge is 2.22. The molecule has 0 fully saturated rings. The fourth-order valence-corrected chi connectivity index (χ4v) is 2.17. The molecule has 0 saturated heterocycles. The van der Waals surface area contributed by atoms with Crippen molar-refractivity contribution in [1.29, 1.82) is 0 Å². The Balaban J connectivity index is 2.69. The van der Waals surface area contributed by atoms with Gasteiger partial charge in [-0.05, 0) is 48.1 Å². The van der Waals surface area contributed by atoms with Crippen LogP contribution in [0.15, 0.2) is 22.7 Å². The molecule has 17 heavy (non-hydrogen) atoms. The second-order valence-electron chi connectivity index (χ2n) is 3.68. The van der Waals surface area contributed by atoms with E-state index < -0.39 is 5.97 Å². The summed E-state index contributed by atoms with van der Waals surface area (Å²) >= 11 is 2.21. The van der Waals surface area contributed by atoms with Gasteiger partial charge in [0.1, 0.15) is 17.0 Å². The predicted molar refractivity (Wildman–Crippen MR) is 71.1 cm³/mol. The first-order valence-electron chi connectivity index (χ1n) is 4.97. The van der Waals surface area contributed by atoms with E-state index in [0.29, 0.717) is 11.5 Å². The smallest absolute Gasteiger partial charge is 0.341 e. The van der Waals surface area contributed by atoms with E-state index in [1.54, 1.807) is 6.92 Å². The molecule has 5 heteroatoms. The first-order valence-corrected chi connectivity index (χ1v) is 6.05. The largest absolute Gasteiger partial charge is 0.477 e. The summed E-state index contributed by atoms with van der Waals surface area (Å²) in [6.45, 7) is 3.54. The molecule has 2 rings (SSSR count). The van der Waals surface area contributed by atoms with Crippen LogP contribution in [0, 0.1) is 17.4 Å². The molecule has 1 aromatic carbocycles. The fraction of sp³-hybridized carbons (Fsp3) is 0.167. The third kappa shape index (κ3) is 2.06. The summed E-state index contributed by atoms with van der Waals surface area (Å²) < 4.78 is 6.04. The Morgan fingerprint density at radius 1 is 1.41 bits per heavy atom. The zero-order chi connectivity index (χ0) is 12.6. The second kappa shape index (κ2) is 4.48. The van der Waals surface area contributed by atoms with Gasteiger partial charge < -0.3 is 9.63 Å². The van der Waals surface area contributed by atoms with Gasteiger partial charge in [-0.2, -0.15) is 0 Å². The molecule has 0 aliphatic carbocycles. The molecule has 0 radical (unpaired) electrons. The molecular formula is C12H10INO3. The van der Waals surface area contributed by atoms with Crippen LogP contribution in [0.5, 0.6) is 0 Å². The standard InChI is InChI=1S/C12H10INO3/c1-6-8(4-3-5-9(6)13)11-10(12(15)16)7(2)17-14-11/h3-5H,1-2H3,(H,15,16). The summed E-state index contributed by atoms with van der Waals surface area (Å²) in [6.07, 6.45) is 0. The molecule has 1 aromatic heterocycles. The zero-order valence-corrected chi connectivity index (χ0v) is 11.5. The van der Waals surface area contributed by atoms with Crippen LogP contribution in [-0.4, -0.2) is 16.2 Å². The zero-order valence-electron chi connectivity index (χ0n) is 9.32. The van der Waals surface area contributed by atoms with E-state index in [9.17, 15) is 4.79 Å². The van der Waals surface area contributed by atoms with E-state index in [2.05, 4.69) is 27.7 Å². The number of aromatic carboxylic acids is 1. The first kappa shape index (κ1) is 12.1. The maximum atomic E-state index is 11.2. The van der Waals surface area contributed by atoms with Gasteiger partial charge in [-0.3, -0.25) is 0 Å².